The number of nitrogens with two attached hydrogens (primary N) is 1. The van der Waals surface area contributed by atoms with Gasteiger partial charge < -0.3 is 26.2 Å². The third-order valence-corrected chi connectivity index (χ3v) is 4.79. The van der Waals surface area contributed by atoms with Crippen LogP contribution in [0.15, 0.2) is 55.0 Å². The molecule has 1 aliphatic carbocycles. The Hall–Kier alpha value is -3.06. The van der Waals surface area contributed by atoms with E-state index in [1.54, 1.807) is 24.4 Å². The predicted molar refractivity (Wildman–Crippen MR) is 117 cm³/mol. The molecule has 7 nitrogen and oxygen atoms in total. The van der Waals surface area contributed by atoms with Crippen molar-refractivity contribution in [3.8, 4) is 0 Å². The van der Waals surface area contributed by atoms with E-state index in [0.717, 1.165) is 24.5 Å². The van der Waals surface area contributed by atoms with Crippen LogP contribution in [-0.2, 0) is 6.54 Å². The molecule has 1 fully saturated rings. The Balaban J connectivity index is 1.62. The third-order valence-electron chi connectivity index (χ3n) is 4.79. The topological polar surface area (TPSA) is 86.5 Å². The van der Waals surface area contributed by atoms with E-state index >= 15 is 0 Å². The molecule has 154 valence electrons. The number of para-hydroxylation sites is 2. The van der Waals surface area contributed by atoms with Gasteiger partial charge in [0.15, 0.2) is 0 Å². The minimum absolute atomic E-state index is 0.279. The molecule has 1 aromatic heterocycles. The highest BCUT2D eigenvalue weighted by atomic mass is 16.1. The molecule has 1 heterocycles. The number of nitrogen functional groups attached to an aromatic ring is 1. The quantitative estimate of drug-likeness (QED) is 0.537. The van der Waals surface area contributed by atoms with Crippen LogP contribution < -0.4 is 16.4 Å². The monoisotopic (exact) mass is 394 g/mol. The Morgan fingerprint density at radius 2 is 1.97 bits per heavy atom. The number of anilines is 2. The predicted octanol–water partition coefficient (Wildman–Crippen LogP) is 2.50. The molecule has 3 rings (SSSR count). The van der Waals surface area contributed by atoms with Crippen LogP contribution >= 0.6 is 0 Å². The lowest BCUT2D eigenvalue weighted by Crippen LogP contribution is -2.36. The number of rotatable bonds is 10. The standard InChI is InChI=1S/C22H30N6O/c1-16(25-18-9-10-18)28(13-12-27(2)3)15-17-8-11-21(24-14-17)22(29)26-20-7-5-4-6-19(20)23/h4-8,11,14,18,25H,1,9-10,12-13,15,23H2,2-3H3,(H,26,29). The summed E-state index contributed by atoms with van der Waals surface area (Å²) in [4.78, 5) is 21.2. The van der Waals surface area contributed by atoms with Crippen molar-refractivity contribution in [3.05, 3.63) is 66.3 Å². The lowest BCUT2D eigenvalue weighted by atomic mass is 10.2. The van der Waals surface area contributed by atoms with Crippen molar-refractivity contribution >= 4 is 17.3 Å². The summed E-state index contributed by atoms with van der Waals surface area (Å²) >= 11 is 0. The maximum atomic E-state index is 12.4. The van der Waals surface area contributed by atoms with E-state index in [1.165, 1.54) is 12.8 Å². The average Bonchev–Trinajstić information content (AvgIpc) is 3.51. The molecule has 0 saturated heterocycles. The van der Waals surface area contributed by atoms with Crippen molar-refractivity contribution in [1.29, 1.82) is 0 Å². The summed E-state index contributed by atoms with van der Waals surface area (Å²) in [6, 6.07) is 11.4. The van der Waals surface area contributed by atoms with Crippen LogP contribution in [0.5, 0.6) is 0 Å². The Bertz CT molecular complexity index is 845. The number of carbonyl (C=O) groups is 1. The van der Waals surface area contributed by atoms with Crippen LogP contribution in [0.25, 0.3) is 0 Å². The summed E-state index contributed by atoms with van der Waals surface area (Å²) in [6.07, 6.45) is 4.16. The van der Waals surface area contributed by atoms with E-state index in [-0.39, 0.29) is 5.91 Å². The van der Waals surface area contributed by atoms with Gasteiger partial charge in [-0.3, -0.25) is 9.78 Å². The van der Waals surface area contributed by atoms with Gasteiger partial charge in [0.2, 0.25) is 0 Å². The fourth-order valence-corrected chi connectivity index (χ4v) is 2.85. The van der Waals surface area contributed by atoms with Crippen LogP contribution in [-0.4, -0.2) is 53.9 Å². The molecule has 0 unspecified atom stereocenters. The number of aromatic nitrogens is 1. The van der Waals surface area contributed by atoms with Gasteiger partial charge in [0.05, 0.1) is 17.2 Å². The molecule has 0 atom stereocenters. The fourth-order valence-electron chi connectivity index (χ4n) is 2.85. The Morgan fingerprint density at radius 3 is 2.59 bits per heavy atom. The van der Waals surface area contributed by atoms with Crippen molar-refractivity contribution in [2.24, 2.45) is 0 Å². The SMILES string of the molecule is C=C(NC1CC1)N(CCN(C)C)Cc1ccc(C(=O)Nc2ccccc2N)nc1. The van der Waals surface area contributed by atoms with Gasteiger partial charge in [-0.1, -0.05) is 24.8 Å². The second kappa shape index (κ2) is 9.43. The zero-order valence-electron chi connectivity index (χ0n) is 17.2. The van der Waals surface area contributed by atoms with Gasteiger partial charge in [-0.2, -0.15) is 0 Å². The number of likely N-dealkylation sites (N-methyl/N-ethyl adjacent to an activating group) is 1. The molecule has 4 N–H and O–H groups in total. The van der Waals surface area contributed by atoms with Crippen LogP contribution in [0, 0.1) is 0 Å². The van der Waals surface area contributed by atoms with Crippen LogP contribution in [0.3, 0.4) is 0 Å². The second-order valence-corrected chi connectivity index (χ2v) is 7.68. The number of pyridine rings is 1. The number of carbonyl (C=O) groups excluding carboxylic acids is 1. The zero-order chi connectivity index (χ0) is 20.8. The first-order chi connectivity index (χ1) is 13.9. The van der Waals surface area contributed by atoms with E-state index in [1.807, 2.05) is 18.2 Å². The molecule has 1 aliphatic rings. The number of benzene rings is 1. The maximum Gasteiger partial charge on any atom is 0.274 e. The Labute approximate surface area is 172 Å². The summed E-state index contributed by atoms with van der Waals surface area (Å²) in [6.45, 7) is 6.69. The van der Waals surface area contributed by atoms with Gasteiger partial charge in [-0.05, 0) is 50.7 Å². The molecule has 29 heavy (non-hydrogen) atoms. The first-order valence-corrected chi connectivity index (χ1v) is 9.88. The van der Waals surface area contributed by atoms with Gasteiger partial charge in [0.25, 0.3) is 5.91 Å². The highest BCUT2D eigenvalue weighted by Gasteiger charge is 2.23. The number of nitrogens with one attached hydrogen (secondary N) is 2. The van der Waals surface area contributed by atoms with Crippen molar-refractivity contribution < 1.29 is 4.79 Å². The molecule has 1 saturated carbocycles. The molecule has 7 heteroatoms. The highest BCUT2D eigenvalue weighted by molar-refractivity contribution is 6.04. The highest BCUT2D eigenvalue weighted by Crippen LogP contribution is 2.21. The van der Waals surface area contributed by atoms with Crippen molar-refractivity contribution in [1.82, 2.24) is 20.1 Å². The zero-order valence-corrected chi connectivity index (χ0v) is 17.2. The summed E-state index contributed by atoms with van der Waals surface area (Å²) in [5.74, 6) is 0.662. The second-order valence-electron chi connectivity index (χ2n) is 7.68. The van der Waals surface area contributed by atoms with Crippen LogP contribution in [0.4, 0.5) is 11.4 Å². The summed E-state index contributed by atoms with van der Waals surface area (Å²) in [5, 5.41) is 6.28. The Kier molecular flexibility index (Phi) is 6.72. The van der Waals surface area contributed by atoms with Crippen molar-refractivity contribution in [2.45, 2.75) is 25.4 Å². The van der Waals surface area contributed by atoms with Gasteiger partial charge >= 0.3 is 0 Å². The molecule has 0 spiro atoms. The molecule has 0 bridgehead atoms. The molecule has 0 radical (unpaired) electrons. The first kappa shape index (κ1) is 20.7. The van der Waals surface area contributed by atoms with Crippen molar-refractivity contribution in [2.75, 3.05) is 38.2 Å². The molecule has 1 aromatic carbocycles. The lowest BCUT2D eigenvalue weighted by molar-refractivity contribution is 0.102. The van der Waals surface area contributed by atoms with Crippen LogP contribution in [0.2, 0.25) is 0 Å². The summed E-state index contributed by atoms with van der Waals surface area (Å²) in [7, 11) is 4.12. The molecular weight excluding hydrogens is 364 g/mol. The normalized spacial score (nSPS) is 13.2. The number of hydrogen-bond donors (Lipinski definition) is 3. The average molecular weight is 395 g/mol. The van der Waals surface area contributed by atoms with Gasteiger partial charge in [-0.25, -0.2) is 0 Å². The van der Waals surface area contributed by atoms with Gasteiger partial charge in [0, 0.05) is 31.9 Å². The minimum Gasteiger partial charge on any atom is -0.397 e. The summed E-state index contributed by atoms with van der Waals surface area (Å²) in [5.41, 5.74) is 8.37. The Morgan fingerprint density at radius 1 is 1.21 bits per heavy atom. The van der Waals surface area contributed by atoms with E-state index in [0.29, 0.717) is 29.7 Å². The van der Waals surface area contributed by atoms with E-state index in [9.17, 15) is 4.79 Å². The van der Waals surface area contributed by atoms with E-state index in [4.69, 9.17) is 5.73 Å². The molecule has 2 aromatic rings. The fraction of sp³-hybridized carbons (Fsp3) is 0.364. The van der Waals surface area contributed by atoms with Crippen molar-refractivity contribution in [3.63, 3.8) is 0 Å². The lowest BCUT2D eigenvalue weighted by Gasteiger charge is -2.29. The van der Waals surface area contributed by atoms with E-state index in [2.05, 4.69) is 46.1 Å². The van der Waals surface area contributed by atoms with E-state index < -0.39 is 0 Å². The smallest absolute Gasteiger partial charge is 0.274 e. The van der Waals surface area contributed by atoms with Gasteiger partial charge in [-0.15, -0.1) is 0 Å². The molecule has 0 aliphatic heterocycles. The molecule has 1 amide bonds. The third kappa shape index (κ3) is 6.22. The minimum atomic E-state index is -0.279. The number of amides is 1. The van der Waals surface area contributed by atoms with Gasteiger partial charge in [0.1, 0.15) is 5.69 Å². The van der Waals surface area contributed by atoms with Crippen LogP contribution in [0.1, 0.15) is 28.9 Å². The largest absolute Gasteiger partial charge is 0.397 e. The number of hydrogen-bond acceptors (Lipinski definition) is 6. The summed E-state index contributed by atoms with van der Waals surface area (Å²) < 4.78 is 0. The maximum absolute atomic E-state index is 12.4. The number of nitrogens with zero attached hydrogens (tertiary/aromatic N) is 3. The molecular formula is C22H30N6O. The first-order valence-electron chi connectivity index (χ1n) is 9.88.